The first-order valence-corrected chi connectivity index (χ1v) is 9.51. The van der Waals surface area contributed by atoms with Crippen LogP contribution in [0.3, 0.4) is 0 Å². The molecule has 86 valence electrons. The van der Waals surface area contributed by atoms with E-state index in [-0.39, 0.29) is 6.10 Å². The lowest BCUT2D eigenvalue weighted by atomic mass is 9.95. The first kappa shape index (κ1) is 12.7. The molecule has 0 amide bonds. The number of rotatable bonds is 3. The molecule has 0 aromatic rings. The molecule has 0 heterocycles. The summed E-state index contributed by atoms with van der Waals surface area (Å²) >= 11 is 0. The Morgan fingerprint density at radius 2 is 1.67 bits per heavy atom. The molecule has 1 aliphatic carbocycles. The number of hydrogen-bond acceptors (Lipinski definition) is 2. The fourth-order valence-electron chi connectivity index (χ4n) is 2.22. The Morgan fingerprint density at radius 3 is 2.07 bits per heavy atom. The van der Waals surface area contributed by atoms with Crippen LogP contribution in [0.1, 0.15) is 38.5 Å². The fraction of sp³-hybridized carbons (Fsp3) is 0.917. The van der Waals surface area contributed by atoms with Crippen LogP contribution in [0.15, 0.2) is 0 Å². The molecule has 0 spiro atoms. The number of nitrogens with zero attached hydrogens (tertiary/aromatic N) is 1. The third-order valence-electron chi connectivity index (χ3n) is 2.94. The monoisotopic (exact) mass is 225 g/mol. The van der Waals surface area contributed by atoms with Gasteiger partial charge in [0.25, 0.3) is 0 Å². The minimum absolute atomic E-state index is 0.144. The summed E-state index contributed by atoms with van der Waals surface area (Å²) in [7, 11) is -1.56. The Bertz CT molecular complexity index is 221. The van der Waals surface area contributed by atoms with Gasteiger partial charge in [0, 0.05) is 0 Å². The lowest BCUT2D eigenvalue weighted by molar-refractivity contribution is 0.165. The molecule has 1 unspecified atom stereocenters. The third kappa shape index (κ3) is 4.81. The van der Waals surface area contributed by atoms with Gasteiger partial charge in [-0.15, -0.1) is 0 Å². The molecule has 0 radical (unpaired) electrons. The Balaban J connectivity index is 2.53. The minimum atomic E-state index is -1.56. The molecule has 15 heavy (non-hydrogen) atoms. The maximum absolute atomic E-state index is 9.18. The van der Waals surface area contributed by atoms with E-state index in [9.17, 15) is 5.26 Å². The predicted octanol–water partition coefficient (Wildman–Crippen LogP) is 3.70. The van der Waals surface area contributed by atoms with E-state index in [2.05, 4.69) is 25.7 Å². The van der Waals surface area contributed by atoms with E-state index in [1.54, 1.807) is 0 Å². The first-order valence-electron chi connectivity index (χ1n) is 6.10. The SMILES string of the molecule is C[Si](C)(C)OC(C#N)C1CCCCCC1. The van der Waals surface area contributed by atoms with Gasteiger partial charge in [0.1, 0.15) is 6.10 Å². The van der Waals surface area contributed by atoms with Crippen molar-refractivity contribution >= 4 is 8.32 Å². The van der Waals surface area contributed by atoms with E-state index < -0.39 is 8.32 Å². The van der Waals surface area contributed by atoms with Crippen LogP contribution in [-0.2, 0) is 4.43 Å². The van der Waals surface area contributed by atoms with Crippen LogP contribution in [0.4, 0.5) is 0 Å². The average molecular weight is 225 g/mol. The molecule has 1 saturated carbocycles. The summed E-state index contributed by atoms with van der Waals surface area (Å²) in [6.07, 6.45) is 7.44. The highest BCUT2D eigenvalue weighted by atomic mass is 28.4. The molecule has 1 fully saturated rings. The van der Waals surface area contributed by atoms with Crippen molar-refractivity contribution in [2.45, 2.75) is 64.3 Å². The lowest BCUT2D eigenvalue weighted by Gasteiger charge is -2.27. The second kappa shape index (κ2) is 5.67. The molecule has 3 heteroatoms. The molecule has 2 nitrogen and oxygen atoms in total. The van der Waals surface area contributed by atoms with Crippen molar-refractivity contribution < 1.29 is 4.43 Å². The van der Waals surface area contributed by atoms with Crippen molar-refractivity contribution in [3.8, 4) is 6.07 Å². The lowest BCUT2D eigenvalue weighted by Crippen LogP contribution is -2.35. The van der Waals surface area contributed by atoms with Gasteiger partial charge in [-0.05, 0) is 38.4 Å². The molecule has 0 bridgehead atoms. The molecule has 0 aromatic carbocycles. The smallest absolute Gasteiger partial charge is 0.185 e. The van der Waals surface area contributed by atoms with E-state index in [1.807, 2.05) is 0 Å². The summed E-state index contributed by atoms with van der Waals surface area (Å²) in [6, 6.07) is 2.37. The molecular formula is C12H23NOSi. The van der Waals surface area contributed by atoms with Crippen molar-refractivity contribution in [1.82, 2.24) is 0 Å². The van der Waals surface area contributed by atoms with Crippen molar-refractivity contribution in [2.24, 2.45) is 5.92 Å². The Kier molecular flexibility index (Phi) is 4.81. The van der Waals surface area contributed by atoms with Gasteiger partial charge < -0.3 is 4.43 Å². The van der Waals surface area contributed by atoms with E-state index in [4.69, 9.17) is 4.43 Å². The van der Waals surface area contributed by atoms with E-state index >= 15 is 0 Å². The van der Waals surface area contributed by atoms with Gasteiger partial charge in [-0.1, -0.05) is 25.7 Å². The fourth-order valence-corrected chi connectivity index (χ4v) is 3.23. The molecule has 0 saturated heterocycles. The molecule has 0 N–H and O–H groups in total. The Hall–Kier alpha value is -0.333. The minimum Gasteiger partial charge on any atom is -0.402 e. The van der Waals surface area contributed by atoms with Crippen LogP contribution in [0.5, 0.6) is 0 Å². The predicted molar refractivity (Wildman–Crippen MR) is 65.0 cm³/mol. The molecular weight excluding hydrogens is 202 g/mol. The van der Waals surface area contributed by atoms with Crippen molar-refractivity contribution in [1.29, 1.82) is 5.26 Å². The largest absolute Gasteiger partial charge is 0.402 e. The topological polar surface area (TPSA) is 33.0 Å². The highest BCUT2D eigenvalue weighted by Gasteiger charge is 2.28. The summed E-state index contributed by atoms with van der Waals surface area (Å²) in [4.78, 5) is 0. The molecule has 1 aliphatic rings. The normalized spacial score (nSPS) is 21.7. The summed E-state index contributed by atoms with van der Waals surface area (Å²) in [5, 5.41) is 9.18. The van der Waals surface area contributed by atoms with Crippen molar-refractivity contribution in [3.63, 3.8) is 0 Å². The van der Waals surface area contributed by atoms with Gasteiger partial charge in [-0.3, -0.25) is 0 Å². The quantitative estimate of drug-likeness (QED) is 0.542. The van der Waals surface area contributed by atoms with Crippen LogP contribution < -0.4 is 0 Å². The van der Waals surface area contributed by atoms with Gasteiger partial charge in [0.05, 0.1) is 6.07 Å². The average Bonchev–Trinajstić information content (AvgIpc) is 2.40. The zero-order valence-corrected chi connectivity index (χ0v) is 11.3. The number of hydrogen-bond donors (Lipinski definition) is 0. The van der Waals surface area contributed by atoms with E-state index in [0.717, 1.165) is 0 Å². The van der Waals surface area contributed by atoms with Crippen LogP contribution in [-0.4, -0.2) is 14.4 Å². The van der Waals surface area contributed by atoms with Crippen LogP contribution >= 0.6 is 0 Å². The zero-order chi connectivity index (χ0) is 11.3. The Morgan fingerprint density at radius 1 is 1.13 bits per heavy atom. The van der Waals surface area contributed by atoms with Gasteiger partial charge in [-0.25, -0.2) is 0 Å². The maximum Gasteiger partial charge on any atom is 0.185 e. The summed E-state index contributed by atoms with van der Waals surface area (Å²) in [5.74, 6) is 0.490. The van der Waals surface area contributed by atoms with Crippen LogP contribution in [0.25, 0.3) is 0 Å². The zero-order valence-electron chi connectivity index (χ0n) is 10.3. The van der Waals surface area contributed by atoms with E-state index in [1.165, 1.54) is 38.5 Å². The standard InChI is InChI=1S/C12H23NOSi/c1-15(2,3)14-12(10-13)11-8-6-4-5-7-9-11/h11-12H,4-9H2,1-3H3. The van der Waals surface area contributed by atoms with Crippen LogP contribution in [0, 0.1) is 17.2 Å². The second-order valence-corrected chi connectivity index (χ2v) is 9.99. The van der Waals surface area contributed by atoms with Gasteiger partial charge >= 0.3 is 0 Å². The molecule has 0 aliphatic heterocycles. The Labute approximate surface area is 94.8 Å². The summed E-state index contributed by atoms with van der Waals surface area (Å²) in [5.41, 5.74) is 0. The molecule has 0 aromatic heterocycles. The van der Waals surface area contributed by atoms with Gasteiger partial charge in [0.2, 0.25) is 0 Å². The maximum atomic E-state index is 9.18. The van der Waals surface area contributed by atoms with Crippen LogP contribution in [0.2, 0.25) is 19.6 Å². The van der Waals surface area contributed by atoms with Crippen molar-refractivity contribution in [2.75, 3.05) is 0 Å². The molecule has 1 rings (SSSR count). The first-order chi connectivity index (χ1) is 7.03. The van der Waals surface area contributed by atoms with Gasteiger partial charge in [-0.2, -0.15) is 5.26 Å². The van der Waals surface area contributed by atoms with Crippen molar-refractivity contribution in [3.05, 3.63) is 0 Å². The second-order valence-electron chi connectivity index (χ2n) is 5.53. The van der Waals surface area contributed by atoms with Gasteiger partial charge in [0.15, 0.2) is 8.32 Å². The van der Waals surface area contributed by atoms with E-state index in [0.29, 0.717) is 5.92 Å². The summed E-state index contributed by atoms with van der Waals surface area (Å²) in [6.45, 7) is 6.48. The highest BCUT2D eigenvalue weighted by Crippen LogP contribution is 2.28. The summed E-state index contributed by atoms with van der Waals surface area (Å²) < 4.78 is 5.96. The third-order valence-corrected chi connectivity index (χ3v) is 3.90. The highest BCUT2D eigenvalue weighted by molar-refractivity contribution is 6.69. The number of nitriles is 1. The molecule has 1 atom stereocenters.